The molecule has 0 amide bonds. The SMILES string of the molecule is CCCCC(NCc1ccc(-c2ccc(F)cc2C)o1)C(=O)O. The summed E-state index contributed by atoms with van der Waals surface area (Å²) in [7, 11) is 0. The van der Waals surface area contributed by atoms with Gasteiger partial charge in [0.25, 0.3) is 0 Å². The van der Waals surface area contributed by atoms with Crippen LogP contribution in [0.4, 0.5) is 4.39 Å². The van der Waals surface area contributed by atoms with Crippen molar-refractivity contribution in [2.45, 2.75) is 45.7 Å². The van der Waals surface area contributed by atoms with E-state index in [1.54, 1.807) is 6.07 Å². The number of benzene rings is 1. The monoisotopic (exact) mass is 319 g/mol. The number of hydrogen-bond donors (Lipinski definition) is 2. The highest BCUT2D eigenvalue weighted by Gasteiger charge is 2.17. The van der Waals surface area contributed by atoms with Crippen LogP contribution in [0.25, 0.3) is 11.3 Å². The Kier molecular flexibility index (Phi) is 5.93. The largest absolute Gasteiger partial charge is 0.480 e. The number of carboxylic acid groups (broad SMARTS) is 1. The van der Waals surface area contributed by atoms with Crippen LogP contribution >= 0.6 is 0 Å². The van der Waals surface area contributed by atoms with Crippen LogP contribution in [0, 0.1) is 12.7 Å². The zero-order valence-electron chi connectivity index (χ0n) is 13.4. The predicted molar refractivity (Wildman–Crippen MR) is 86.6 cm³/mol. The van der Waals surface area contributed by atoms with Crippen LogP contribution in [-0.2, 0) is 11.3 Å². The molecular formula is C18H22FNO3. The summed E-state index contributed by atoms with van der Waals surface area (Å²) < 4.78 is 18.9. The van der Waals surface area contributed by atoms with E-state index < -0.39 is 12.0 Å². The molecule has 23 heavy (non-hydrogen) atoms. The van der Waals surface area contributed by atoms with Crippen molar-refractivity contribution in [2.75, 3.05) is 0 Å². The van der Waals surface area contributed by atoms with Crippen molar-refractivity contribution in [2.24, 2.45) is 0 Å². The van der Waals surface area contributed by atoms with E-state index in [0.29, 0.717) is 24.5 Å². The zero-order valence-corrected chi connectivity index (χ0v) is 13.4. The molecule has 0 radical (unpaired) electrons. The van der Waals surface area contributed by atoms with Gasteiger partial charge >= 0.3 is 5.97 Å². The third-order valence-corrected chi connectivity index (χ3v) is 3.78. The Morgan fingerprint density at radius 1 is 1.35 bits per heavy atom. The molecule has 0 aliphatic heterocycles. The van der Waals surface area contributed by atoms with Gasteiger partial charge in [-0.3, -0.25) is 10.1 Å². The summed E-state index contributed by atoms with van der Waals surface area (Å²) in [6, 6.07) is 7.59. The van der Waals surface area contributed by atoms with Crippen molar-refractivity contribution in [1.82, 2.24) is 5.32 Å². The second kappa shape index (κ2) is 7.92. The lowest BCUT2D eigenvalue weighted by Gasteiger charge is -2.12. The van der Waals surface area contributed by atoms with Gasteiger partial charge in [-0.15, -0.1) is 0 Å². The van der Waals surface area contributed by atoms with Gasteiger partial charge in [-0.25, -0.2) is 4.39 Å². The molecule has 0 saturated heterocycles. The van der Waals surface area contributed by atoms with Crippen LogP contribution in [0.15, 0.2) is 34.7 Å². The number of aryl methyl sites for hydroxylation is 1. The number of aliphatic carboxylic acids is 1. The molecule has 1 unspecified atom stereocenters. The van der Waals surface area contributed by atoms with E-state index in [2.05, 4.69) is 5.32 Å². The molecule has 124 valence electrons. The Balaban J connectivity index is 2.03. The highest BCUT2D eigenvalue weighted by atomic mass is 19.1. The molecule has 5 heteroatoms. The summed E-state index contributed by atoms with van der Waals surface area (Å²) in [6.45, 7) is 4.20. The third-order valence-electron chi connectivity index (χ3n) is 3.78. The van der Waals surface area contributed by atoms with Gasteiger partial charge in [-0.05, 0) is 49.2 Å². The van der Waals surface area contributed by atoms with Crippen molar-refractivity contribution in [3.8, 4) is 11.3 Å². The van der Waals surface area contributed by atoms with Crippen molar-refractivity contribution in [3.05, 3.63) is 47.5 Å². The smallest absolute Gasteiger partial charge is 0.320 e. The summed E-state index contributed by atoms with van der Waals surface area (Å²) in [5.74, 6) is 0.186. The number of halogens is 1. The molecule has 0 fully saturated rings. The molecule has 2 rings (SSSR count). The highest BCUT2D eigenvalue weighted by molar-refractivity contribution is 5.73. The Hall–Kier alpha value is -2.14. The average molecular weight is 319 g/mol. The number of carbonyl (C=O) groups is 1. The van der Waals surface area contributed by atoms with Gasteiger partial charge in [-0.1, -0.05) is 19.8 Å². The fraction of sp³-hybridized carbons (Fsp3) is 0.389. The average Bonchev–Trinajstić information content (AvgIpc) is 2.95. The fourth-order valence-electron chi connectivity index (χ4n) is 2.47. The molecule has 1 aromatic heterocycles. The van der Waals surface area contributed by atoms with E-state index in [0.717, 1.165) is 24.0 Å². The molecule has 0 bridgehead atoms. The van der Waals surface area contributed by atoms with Crippen LogP contribution in [0.2, 0.25) is 0 Å². The summed E-state index contributed by atoms with van der Waals surface area (Å²) >= 11 is 0. The minimum absolute atomic E-state index is 0.278. The maximum Gasteiger partial charge on any atom is 0.320 e. The van der Waals surface area contributed by atoms with E-state index in [9.17, 15) is 14.3 Å². The number of carboxylic acids is 1. The van der Waals surface area contributed by atoms with E-state index in [1.807, 2.05) is 26.0 Å². The summed E-state index contributed by atoms with van der Waals surface area (Å²) in [4.78, 5) is 11.2. The van der Waals surface area contributed by atoms with Crippen LogP contribution in [0.3, 0.4) is 0 Å². The second-order valence-electron chi connectivity index (χ2n) is 5.64. The molecule has 1 heterocycles. The van der Waals surface area contributed by atoms with Gasteiger partial charge in [0.1, 0.15) is 23.4 Å². The van der Waals surface area contributed by atoms with Crippen LogP contribution in [-0.4, -0.2) is 17.1 Å². The molecule has 2 N–H and O–H groups in total. The van der Waals surface area contributed by atoms with Crippen molar-refractivity contribution >= 4 is 5.97 Å². The first kappa shape index (κ1) is 17.2. The van der Waals surface area contributed by atoms with Crippen molar-refractivity contribution in [1.29, 1.82) is 0 Å². The van der Waals surface area contributed by atoms with Gasteiger partial charge in [0.2, 0.25) is 0 Å². The fourth-order valence-corrected chi connectivity index (χ4v) is 2.47. The molecule has 0 aliphatic carbocycles. The van der Waals surface area contributed by atoms with Crippen LogP contribution < -0.4 is 5.32 Å². The lowest BCUT2D eigenvalue weighted by atomic mass is 10.1. The maximum absolute atomic E-state index is 13.2. The van der Waals surface area contributed by atoms with Crippen molar-refractivity contribution in [3.63, 3.8) is 0 Å². The number of nitrogens with one attached hydrogen (secondary N) is 1. The zero-order chi connectivity index (χ0) is 16.8. The predicted octanol–water partition coefficient (Wildman–Crippen LogP) is 4.13. The molecule has 1 aromatic carbocycles. The quantitative estimate of drug-likeness (QED) is 0.768. The van der Waals surface area contributed by atoms with E-state index in [-0.39, 0.29) is 5.82 Å². The number of rotatable bonds is 8. The molecule has 0 aliphatic rings. The maximum atomic E-state index is 13.2. The minimum Gasteiger partial charge on any atom is -0.480 e. The van der Waals surface area contributed by atoms with Gasteiger partial charge < -0.3 is 9.52 Å². The minimum atomic E-state index is -0.848. The van der Waals surface area contributed by atoms with E-state index in [4.69, 9.17) is 4.42 Å². The van der Waals surface area contributed by atoms with Crippen LogP contribution in [0.5, 0.6) is 0 Å². The standard InChI is InChI=1S/C18H22FNO3/c1-3-4-5-16(18(21)22)20-11-14-7-9-17(23-14)15-8-6-13(19)10-12(15)2/h6-10,16,20H,3-5,11H2,1-2H3,(H,21,22). The third kappa shape index (κ3) is 4.66. The molecule has 2 aromatic rings. The van der Waals surface area contributed by atoms with E-state index in [1.165, 1.54) is 12.1 Å². The number of furan rings is 1. The Morgan fingerprint density at radius 2 is 2.13 bits per heavy atom. The molecular weight excluding hydrogens is 297 g/mol. The first-order chi connectivity index (χ1) is 11.0. The van der Waals surface area contributed by atoms with E-state index >= 15 is 0 Å². The van der Waals surface area contributed by atoms with Crippen LogP contribution in [0.1, 0.15) is 37.5 Å². The Bertz CT molecular complexity index is 666. The Labute approximate surface area is 135 Å². The summed E-state index contributed by atoms with van der Waals surface area (Å²) in [6.07, 6.45) is 2.42. The summed E-state index contributed by atoms with van der Waals surface area (Å²) in [5, 5.41) is 12.2. The number of unbranched alkanes of at least 4 members (excludes halogenated alkanes) is 1. The van der Waals surface area contributed by atoms with Crippen molar-refractivity contribution < 1.29 is 18.7 Å². The van der Waals surface area contributed by atoms with Gasteiger partial charge in [0.15, 0.2) is 0 Å². The Morgan fingerprint density at radius 3 is 2.78 bits per heavy atom. The second-order valence-corrected chi connectivity index (χ2v) is 5.64. The van der Waals surface area contributed by atoms with Gasteiger partial charge in [0, 0.05) is 5.56 Å². The molecule has 1 atom stereocenters. The molecule has 0 spiro atoms. The van der Waals surface area contributed by atoms with Gasteiger partial charge in [-0.2, -0.15) is 0 Å². The topological polar surface area (TPSA) is 62.5 Å². The first-order valence-corrected chi connectivity index (χ1v) is 7.82. The van der Waals surface area contributed by atoms with Gasteiger partial charge in [0.05, 0.1) is 6.54 Å². The first-order valence-electron chi connectivity index (χ1n) is 7.82. The normalized spacial score (nSPS) is 12.3. The highest BCUT2D eigenvalue weighted by Crippen LogP contribution is 2.26. The lowest BCUT2D eigenvalue weighted by Crippen LogP contribution is -2.36. The number of hydrogen-bond acceptors (Lipinski definition) is 3. The molecule has 0 saturated carbocycles. The molecule has 4 nitrogen and oxygen atoms in total. The lowest BCUT2D eigenvalue weighted by molar-refractivity contribution is -0.139. The summed E-state index contributed by atoms with van der Waals surface area (Å²) in [5.41, 5.74) is 1.63.